The van der Waals surface area contributed by atoms with Crippen molar-refractivity contribution in [1.82, 2.24) is 10.6 Å². The Hall–Kier alpha value is -2.16. The molecule has 0 aromatic carbocycles. The molecule has 2 amide bonds. The lowest BCUT2D eigenvalue weighted by Gasteiger charge is -2.18. The van der Waals surface area contributed by atoms with Crippen LogP contribution in [0.5, 0.6) is 0 Å². The van der Waals surface area contributed by atoms with Gasteiger partial charge >= 0.3 is 11.9 Å². The summed E-state index contributed by atoms with van der Waals surface area (Å²) in [6.07, 6.45) is 31.3. The Kier molecular flexibility index (Phi) is 32.2. The number of carbonyl (C=O) groups excluding carboxylic acids is 3. The summed E-state index contributed by atoms with van der Waals surface area (Å²) in [4.78, 5) is 47.3. The molecule has 0 radical (unpaired) electrons. The minimum absolute atomic E-state index is 0.00113. The van der Waals surface area contributed by atoms with Gasteiger partial charge in [0.2, 0.25) is 11.8 Å². The van der Waals surface area contributed by atoms with Gasteiger partial charge < -0.3 is 25.6 Å². The van der Waals surface area contributed by atoms with Crippen LogP contribution in [0.3, 0.4) is 0 Å². The van der Waals surface area contributed by atoms with Gasteiger partial charge in [-0.15, -0.1) is 0 Å². The van der Waals surface area contributed by atoms with E-state index in [4.69, 9.17) is 14.9 Å². The molecule has 0 aliphatic carbocycles. The number of esters is 1. The summed E-state index contributed by atoms with van der Waals surface area (Å²) >= 11 is 0. The number of amides is 2. The third kappa shape index (κ3) is 30.9. The highest BCUT2D eigenvalue weighted by molar-refractivity contribution is 5.87. The van der Waals surface area contributed by atoms with Crippen LogP contribution in [0.25, 0.3) is 0 Å². The Morgan fingerprint density at radius 1 is 0.553 bits per heavy atom. The van der Waals surface area contributed by atoms with Crippen molar-refractivity contribution in [3.8, 4) is 0 Å². The van der Waals surface area contributed by atoms with Crippen LogP contribution in [-0.2, 0) is 23.9 Å². The van der Waals surface area contributed by atoms with E-state index in [-0.39, 0.29) is 24.5 Å². The highest BCUT2D eigenvalue weighted by atomic mass is 16.5. The highest BCUT2D eigenvalue weighted by Crippen LogP contribution is 2.19. The van der Waals surface area contributed by atoms with Crippen molar-refractivity contribution in [3.63, 3.8) is 0 Å². The molecule has 0 saturated heterocycles. The number of aliphatic hydroxyl groups excluding tert-OH is 1. The van der Waals surface area contributed by atoms with E-state index in [0.29, 0.717) is 19.3 Å². The van der Waals surface area contributed by atoms with Gasteiger partial charge in [0.15, 0.2) is 0 Å². The second-order valence-electron chi connectivity index (χ2n) is 13.4. The first-order valence-electron chi connectivity index (χ1n) is 19.4. The van der Waals surface area contributed by atoms with Gasteiger partial charge in [-0.2, -0.15) is 0 Å². The molecular weight excluding hydrogens is 596 g/mol. The van der Waals surface area contributed by atoms with Gasteiger partial charge in [-0.3, -0.25) is 14.4 Å². The molecule has 0 aliphatic heterocycles. The molecule has 47 heavy (non-hydrogen) atoms. The molecule has 0 fully saturated rings. The smallest absolute Gasteiger partial charge is 0.328 e. The third-order valence-electron chi connectivity index (χ3n) is 8.85. The topological polar surface area (TPSA) is 142 Å². The first kappa shape index (κ1) is 44.8. The van der Waals surface area contributed by atoms with E-state index in [1.165, 1.54) is 103 Å². The van der Waals surface area contributed by atoms with Crippen LogP contribution in [0.2, 0.25) is 0 Å². The second kappa shape index (κ2) is 33.7. The number of carboxylic acid groups (broad SMARTS) is 1. The lowest BCUT2D eigenvalue weighted by molar-refractivity contribution is -0.150. The van der Waals surface area contributed by atoms with Crippen LogP contribution in [0, 0.1) is 0 Å². The Bertz CT molecular complexity index is 777. The number of aliphatic carboxylic acids is 1. The van der Waals surface area contributed by atoms with Crippen molar-refractivity contribution in [2.24, 2.45) is 0 Å². The van der Waals surface area contributed by atoms with Crippen LogP contribution in [-0.4, -0.2) is 59.3 Å². The summed E-state index contributed by atoms with van der Waals surface area (Å²) in [5.74, 6) is -2.28. The van der Waals surface area contributed by atoms with Gasteiger partial charge in [-0.05, 0) is 38.5 Å². The van der Waals surface area contributed by atoms with Crippen LogP contribution >= 0.6 is 0 Å². The number of carbonyl (C=O) groups is 4. The Morgan fingerprint density at radius 3 is 1.38 bits per heavy atom. The zero-order valence-corrected chi connectivity index (χ0v) is 30.3. The van der Waals surface area contributed by atoms with Gasteiger partial charge in [0.05, 0.1) is 13.2 Å². The molecule has 2 atom stereocenters. The van der Waals surface area contributed by atoms with Crippen molar-refractivity contribution in [2.75, 3.05) is 13.2 Å². The molecule has 0 spiro atoms. The van der Waals surface area contributed by atoms with Crippen molar-refractivity contribution >= 4 is 23.8 Å². The molecule has 276 valence electrons. The minimum atomic E-state index is -1.38. The fourth-order valence-corrected chi connectivity index (χ4v) is 5.83. The van der Waals surface area contributed by atoms with Crippen LogP contribution < -0.4 is 10.6 Å². The molecule has 0 rings (SSSR count). The third-order valence-corrected chi connectivity index (χ3v) is 8.85. The molecule has 0 aliphatic rings. The van der Waals surface area contributed by atoms with Gasteiger partial charge in [0, 0.05) is 12.8 Å². The van der Waals surface area contributed by atoms with E-state index < -0.39 is 24.5 Å². The summed E-state index contributed by atoms with van der Waals surface area (Å²) in [5.41, 5.74) is 0. The number of aliphatic hydroxyl groups is 1. The number of hydrogen-bond acceptors (Lipinski definition) is 6. The van der Waals surface area contributed by atoms with E-state index in [1.54, 1.807) is 0 Å². The summed E-state index contributed by atoms with van der Waals surface area (Å²) < 4.78 is 5.98. The fraction of sp³-hybridized carbons (Fsp3) is 0.895. The van der Waals surface area contributed by atoms with Crippen molar-refractivity contribution in [1.29, 1.82) is 0 Å². The van der Waals surface area contributed by atoms with E-state index in [2.05, 4.69) is 24.5 Å². The molecular formula is C38H72N2O7. The number of rotatable bonds is 35. The summed E-state index contributed by atoms with van der Waals surface area (Å²) in [5, 5.41) is 22.5. The molecule has 9 heteroatoms. The van der Waals surface area contributed by atoms with Crippen LogP contribution in [0.1, 0.15) is 194 Å². The van der Waals surface area contributed by atoms with Gasteiger partial charge in [0.1, 0.15) is 12.1 Å². The average molecular weight is 669 g/mol. The highest BCUT2D eigenvalue weighted by Gasteiger charge is 2.19. The lowest BCUT2D eigenvalue weighted by Crippen LogP contribution is -2.47. The normalized spacial score (nSPS) is 12.4. The van der Waals surface area contributed by atoms with E-state index in [1.807, 2.05) is 0 Å². The number of carboxylic acids is 1. The standard InChI is InChI=1S/C38H72N2O7/c1-3-5-7-9-11-13-14-15-17-22-26-30-37(44)47-33(27-23-19-16-12-10-8-6-4-2)28-24-20-18-21-25-29-35(42)39-31-36(43)40-34(32-41)38(45)46/h33-34,41H,3-32H2,1-2H3,(H,39,42)(H,40,43)(H,45,46). The summed E-state index contributed by atoms with van der Waals surface area (Å²) in [6.45, 7) is 3.47. The zero-order valence-electron chi connectivity index (χ0n) is 30.3. The molecule has 4 N–H and O–H groups in total. The van der Waals surface area contributed by atoms with Gasteiger partial charge in [-0.1, -0.05) is 142 Å². The molecule has 2 unspecified atom stereocenters. The Morgan fingerprint density at radius 2 is 0.957 bits per heavy atom. The number of hydrogen-bond donors (Lipinski definition) is 4. The zero-order chi connectivity index (χ0) is 34.8. The van der Waals surface area contributed by atoms with Gasteiger partial charge in [-0.25, -0.2) is 4.79 Å². The van der Waals surface area contributed by atoms with Crippen molar-refractivity contribution in [2.45, 2.75) is 206 Å². The SMILES string of the molecule is CCCCCCCCCCCCCC(=O)OC(CCCCCCCCCC)CCCCCCCC(=O)NCC(=O)NC(CO)C(=O)O. The molecule has 9 nitrogen and oxygen atoms in total. The largest absolute Gasteiger partial charge is 0.480 e. The Labute approximate surface area is 287 Å². The van der Waals surface area contributed by atoms with E-state index in [9.17, 15) is 19.2 Å². The quantitative estimate of drug-likeness (QED) is 0.0392. The number of nitrogens with one attached hydrogen (secondary N) is 2. The second-order valence-corrected chi connectivity index (χ2v) is 13.4. The Balaban J connectivity index is 4.21. The monoisotopic (exact) mass is 669 g/mol. The maximum atomic E-state index is 12.7. The van der Waals surface area contributed by atoms with Gasteiger partial charge in [0.25, 0.3) is 0 Å². The molecule has 0 heterocycles. The lowest BCUT2D eigenvalue weighted by atomic mass is 10.0. The first-order chi connectivity index (χ1) is 22.8. The van der Waals surface area contributed by atoms with Crippen LogP contribution in [0.15, 0.2) is 0 Å². The number of unbranched alkanes of at least 4 members (excludes halogenated alkanes) is 21. The van der Waals surface area contributed by atoms with Crippen molar-refractivity contribution in [3.05, 3.63) is 0 Å². The molecule has 0 aromatic heterocycles. The molecule has 0 bridgehead atoms. The predicted molar refractivity (Wildman–Crippen MR) is 190 cm³/mol. The fourth-order valence-electron chi connectivity index (χ4n) is 5.83. The van der Waals surface area contributed by atoms with Crippen LogP contribution in [0.4, 0.5) is 0 Å². The molecule has 0 aromatic rings. The number of ether oxygens (including phenoxy) is 1. The summed E-state index contributed by atoms with van der Waals surface area (Å²) in [6, 6.07) is -1.38. The maximum Gasteiger partial charge on any atom is 0.328 e. The van der Waals surface area contributed by atoms with E-state index in [0.717, 1.165) is 57.8 Å². The predicted octanol–water partition coefficient (Wildman–Crippen LogP) is 8.54. The molecule has 0 saturated carbocycles. The van der Waals surface area contributed by atoms with E-state index >= 15 is 0 Å². The first-order valence-corrected chi connectivity index (χ1v) is 19.4. The summed E-state index contributed by atoms with van der Waals surface area (Å²) in [7, 11) is 0. The maximum absolute atomic E-state index is 12.7. The van der Waals surface area contributed by atoms with Crippen molar-refractivity contribution < 1.29 is 34.1 Å². The minimum Gasteiger partial charge on any atom is -0.480 e. The average Bonchev–Trinajstić information content (AvgIpc) is 3.05.